The lowest BCUT2D eigenvalue weighted by Crippen LogP contribution is -2.22. The Hall–Kier alpha value is -0.530. The summed E-state index contributed by atoms with van der Waals surface area (Å²) in [5.74, 6) is 0.847. The summed E-state index contributed by atoms with van der Waals surface area (Å²) >= 11 is 0. The maximum absolute atomic E-state index is 3.51. The van der Waals surface area contributed by atoms with Crippen LogP contribution in [-0.2, 0) is 6.54 Å². The van der Waals surface area contributed by atoms with Crippen LogP contribution in [0.25, 0.3) is 0 Å². The predicted molar refractivity (Wildman–Crippen MR) is 51.7 cm³/mol. The zero-order valence-electron chi connectivity index (χ0n) is 6.79. The van der Waals surface area contributed by atoms with Crippen molar-refractivity contribution < 1.29 is 0 Å². The smallest absolute Gasteiger partial charge is 0.0211 e. The first-order valence-corrected chi connectivity index (χ1v) is 4.26. The molecule has 1 aliphatic heterocycles. The van der Waals surface area contributed by atoms with Crippen LogP contribution in [0.15, 0.2) is 24.3 Å². The standard InChI is InChI=1S/C10H11N.ClH/c1-2-4-8-7(3-1)6-11-10-5-9(8)10;/h1-4,9-11H,5-6H2;1H. The molecule has 2 heteroatoms. The van der Waals surface area contributed by atoms with E-state index in [1.54, 1.807) is 5.56 Å². The Kier molecular flexibility index (Phi) is 1.85. The van der Waals surface area contributed by atoms with E-state index in [9.17, 15) is 0 Å². The lowest BCUT2D eigenvalue weighted by Gasteiger charge is -2.15. The Balaban J connectivity index is 0.000000563. The Morgan fingerprint density at radius 2 is 2.08 bits per heavy atom. The molecule has 0 aromatic heterocycles. The van der Waals surface area contributed by atoms with Gasteiger partial charge in [0.15, 0.2) is 0 Å². The van der Waals surface area contributed by atoms with Crippen molar-refractivity contribution in [3.63, 3.8) is 0 Å². The van der Waals surface area contributed by atoms with Crippen molar-refractivity contribution in [3.05, 3.63) is 35.4 Å². The molecule has 1 heterocycles. The number of benzene rings is 1. The van der Waals surface area contributed by atoms with Gasteiger partial charge in [-0.15, -0.1) is 12.4 Å². The summed E-state index contributed by atoms with van der Waals surface area (Å²) in [5, 5.41) is 3.51. The molecule has 1 aliphatic carbocycles. The summed E-state index contributed by atoms with van der Waals surface area (Å²) in [6.45, 7) is 1.08. The van der Waals surface area contributed by atoms with Crippen LogP contribution in [0.4, 0.5) is 0 Å². The topological polar surface area (TPSA) is 12.0 Å². The van der Waals surface area contributed by atoms with E-state index in [-0.39, 0.29) is 12.4 Å². The molecule has 2 unspecified atom stereocenters. The third kappa shape index (κ3) is 1.05. The van der Waals surface area contributed by atoms with Crippen molar-refractivity contribution in [1.29, 1.82) is 0 Å². The molecule has 0 saturated heterocycles. The largest absolute Gasteiger partial charge is 0.309 e. The van der Waals surface area contributed by atoms with E-state index in [1.807, 2.05) is 0 Å². The van der Waals surface area contributed by atoms with E-state index in [2.05, 4.69) is 29.6 Å². The average molecular weight is 182 g/mol. The van der Waals surface area contributed by atoms with Gasteiger partial charge in [0, 0.05) is 18.5 Å². The first-order chi connectivity index (χ1) is 5.45. The number of nitrogens with one attached hydrogen (secondary N) is 1. The quantitative estimate of drug-likeness (QED) is 0.646. The molecule has 64 valence electrons. The summed E-state index contributed by atoms with van der Waals surface area (Å²) in [4.78, 5) is 0. The Morgan fingerprint density at radius 1 is 1.25 bits per heavy atom. The van der Waals surface area contributed by atoms with Gasteiger partial charge in [-0.3, -0.25) is 0 Å². The van der Waals surface area contributed by atoms with E-state index in [1.165, 1.54) is 12.0 Å². The molecule has 12 heavy (non-hydrogen) atoms. The number of fused-ring (bicyclic) bond motifs is 3. The predicted octanol–water partition coefficient (Wildman–Crippen LogP) is 2.07. The summed E-state index contributed by atoms with van der Waals surface area (Å²) in [7, 11) is 0. The molecular weight excluding hydrogens is 170 g/mol. The van der Waals surface area contributed by atoms with Crippen LogP contribution in [0.5, 0.6) is 0 Å². The Morgan fingerprint density at radius 3 is 3.00 bits per heavy atom. The molecule has 0 radical (unpaired) electrons. The first-order valence-electron chi connectivity index (χ1n) is 4.26. The summed E-state index contributed by atoms with van der Waals surface area (Å²) in [6.07, 6.45) is 1.36. The van der Waals surface area contributed by atoms with Gasteiger partial charge in [-0.2, -0.15) is 0 Å². The van der Waals surface area contributed by atoms with Gasteiger partial charge in [0.1, 0.15) is 0 Å². The zero-order chi connectivity index (χ0) is 7.26. The fourth-order valence-corrected chi connectivity index (χ4v) is 2.06. The van der Waals surface area contributed by atoms with Gasteiger partial charge in [-0.25, -0.2) is 0 Å². The number of hydrogen-bond acceptors (Lipinski definition) is 1. The monoisotopic (exact) mass is 181 g/mol. The minimum atomic E-state index is 0. The van der Waals surface area contributed by atoms with Gasteiger partial charge in [0.05, 0.1) is 0 Å². The highest BCUT2D eigenvalue weighted by atomic mass is 35.5. The van der Waals surface area contributed by atoms with Gasteiger partial charge in [0.2, 0.25) is 0 Å². The molecule has 1 aromatic carbocycles. The van der Waals surface area contributed by atoms with Crippen molar-refractivity contribution >= 4 is 12.4 Å². The maximum Gasteiger partial charge on any atom is 0.0211 e. The Bertz CT molecular complexity index is 298. The van der Waals surface area contributed by atoms with Crippen LogP contribution in [0.1, 0.15) is 23.5 Å². The molecule has 1 N–H and O–H groups in total. The normalized spacial score (nSPS) is 29.7. The zero-order valence-corrected chi connectivity index (χ0v) is 7.60. The SMILES string of the molecule is Cl.c1ccc2c(c1)CNC1CC21. The molecule has 1 fully saturated rings. The second-order valence-corrected chi connectivity index (χ2v) is 3.53. The van der Waals surface area contributed by atoms with Crippen molar-refractivity contribution in [1.82, 2.24) is 5.32 Å². The molecule has 0 spiro atoms. The molecule has 2 aliphatic rings. The van der Waals surface area contributed by atoms with Crippen LogP contribution in [0.2, 0.25) is 0 Å². The minimum absolute atomic E-state index is 0. The Labute approximate surface area is 78.6 Å². The molecule has 1 nitrogen and oxygen atoms in total. The van der Waals surface area contributed by atoms with Crippen LogP contribution in [0, 0.1) is 0 Å². The van der Waals surface area contributed by atoms with Gasteiger partial charge in [-0.1, -0.05) is 24.3 Å². The average Bonchev–Trinajstić information content (AvgIpc) is 2.83. The minimum Gasteiger partial charge on any atom is -0.309 e. The van der Waals surface area contributed by atoms with Crippen LogP contribution in [0.3, 0.4) is 0 Å². The second kappa shape index (κ2) is 2.75. The summed E-state index contributed by atoms with van der Waals surface area (Å²) < 4.78 is 0. The molecule has 2 atom stereocenters. The molecular formula is C10H12ClN. The van der Waals surface area contributed by atoms with E-state index in [0.717, 1.165) is 18.5 Å². The fraction of sp³-hybridized carbons (Fsp3) is 0.400. The molecule has 0 amide bonds. The second-order valence-electron chi connectivity index (χ2n) is 3.53. The lowest BCUT2D eigenvalue weighted by atomic mass is 10.0. The molecule has 1 aromatic rings. The van der Waals surface area contributed by atoms with Crippen molar-refractivity contribution in [2.45, 2.75) is 24.9 Å². The van der Waals surface area contributed by atoms with Crippen molar-refractivity contribution in [3.8, 4) is 0 Å². The highest BCUT2D eigenvalue weighted by Crippen LogP contribution is 2.44. The van der Waals surface area contributed by atoms with Crippen LogP contribution < -0.4 is 5.32 Å². The van der Waals surface area contributed by atoms with E-state index < -0.39 is 0 Å². The number of rotatable bonds is 0. The molecule has 1 saturated carbocycles. The summed E-state index contributed by atoms with van der Waals surface area (Å²) in [6, 6.07) is 9.60. The van der Waals surface area contributed by atoms with Gasteiger partial charge >= 0.3 is 0 Å². The molecule has 3 rings (SSSR count). The molecule has 0 bridgehead atoms. The summed E-state index contributed by atoms with van der Waals surface area (Å²) in [5.41, 5.74) is 3.10. The number of halogens is 1. The maximum atomic E-state index is 3.51. The van der Waals surface area contributed by atoms with Gasteiger partial charge in [-0.05, 0) is 17.5 Å². The number of hydrogen-bond donors (Lipinski definition) is 1. The van der Waals surface area contributed by atoms with E-state index >= 15 is 0 Å². The fourth-order valence-electron chi connectivity index (χ4n) is 2.06. The third-order valence-electron chi connectivity index (χ3n) is 2.80. The van der Waals surface area contributed by atoms with Crippen molar-refractivity contribution in [2.75, 3.05) is 0 Å². The van der Waals surface area contributed by atoms with Crippen molar-refractivity contribution in [2.24, 2.45) is 0 Å². The highest BCUT2D eigenvalue weighted by Gasteiger charge is 2.41. The van der Waals surface area contributed by atoms with Gasteiger partial charge < -0.3 is 5.32 Å². The first kappa shape index (κ1) is 8.09. The van der Waals surface area contributed by atoms with E-state index in [0.29, 0.717) is 0 Å². The lowest BCUT2D eigenvalue weighted by molar-refractivity contribution is 0.640. The van der Waals surface area contributed by atoms with E-state index in [4.69, 9.17) is 0 Å². The highest BCUT2D eigenvalue weighted by molar-refractivity contribution is 5.85. The van der Waals surface area contributed by atoms with Crippen LogP contribution in [-0.4, -0.2) is 6.04 Å². The third-order valence-corrected chi connectivity index (χ3v) is 2.80. The van der Waals surface area contributed by atoms with Crippen LogP contribution >= 0.6 is 12.4 Å². The van der Waals surface area contributed by atoms with Gasteiger partial charge in [0.25, 0.3) is 0 Å².